The van der Waals surface area contributed by atoms with Gasteiger partial charge >= 0.3 is 0 Å². The Morgan fingerprint density at radius 2 is 1.94 bits per heavy atom. The Morgan fingerprint density at radius 3 is 2.50 bits per heavy atom. The normalized spacial score (nSPS) is 10.6. The zero-order valence-electron chi connectivity index (χ0n) is 10.8. The molecule has 0 saturated heterocycles. The highest BCUT2D eigenvalue weighted by molar-refractivity contribution is 5.47. The van der Waals surface area contributed by atoms with E-state index in [1.165, 1.54) is 0 Å². The Hall–Kier alpha value is -1.25. The average Bonchev–Trinajstić information content (AvgIpc) is 2.31. The smallest absolute Gasteiger partial charge is 0.130 e. The molecule has 3 nitrogen and oxygen atoms in total. The summed E-state index contributed by atoms with van der Waals surface area (Å²) in [6, 6.07) is 6.70. The summed E-state index contributed by atoms with van der Waals surface area (Å²) in [5.74, 6) is 2.00. The topological polar surface area (TPSA) is 28.2 Å². The first-order chi connectivity index (χ1) is 7.72. The monoisotopic (exact) mass is 221 g/mol. The summed E-state index contributed by atoms with van der Waals surface area (Å²) >= 11 is 0. The lowest BCUT2D eigenvalue weighted by Crippen LogP contribution is -2.31. The van der Waals surface area contributed by atoms with Crippen LogP contribution in [0.5, 0.6) is 0 Å². The highest BCUT2D eigenvalue weighted by Crippen LogP contribution is 2.18. The third-order valence-electron chi connectivity index (χ3n) is 2.94. The molecule has 0 amide bonds. The molecule has 0 unspecified atom stereocenters. The van der Waals surface area contributed by atoms with Gasteiger partial charge in [-0.2, -0.15) is 0 Å². The highest BCUT2D eigenvalue weighted by Gasteiger charge is 2.12. The van der Waals surface area contributed by atoms with E-state index >= 15 is 0 Å². The number of nitrogens with one attached hydrogen (secondary N) is 1. The van der Waals surface area contributed by atoms with Crippen molar-refractivity contribution in [3.63, 3.8) is 0 Å². The van der Waals surface area contributed by atoms with Crippen LogP contribution in [0, 0.1) is 0 Å². The SMILES string of the molecule is CCNc1cccc(N(C)C(CC)CC)n1. The molecular formula is C13H23N3. The molecule has 3 heteroatoms. The van der Waals surface area contributed by atoms with Crippen molar-refractivity contribution >= 4 is 11.6 Å². The summed E-state index contributed by atoms with van der Waals surface area (Å²) in [6.07, 6.45) is 2.31. The molecule has 0 aromatic carbocycles. The summed E-state index contributed by atoms with van der Waals surface area (Å²) < 4.78 is 0. The minimum Gasteiger partial charge on any atom is -0.370 e. The minimum absolute atomic E-state index is 0.573. The van der Waals surface area contributed by atoms with Crippen LogP contribution in [0.15, 0.2) is 18.2 Å². The summed E-state index contributed by atoms with van der Waals surface area (Å²) in [5.41, 5.74) is 0. The largest absolute Gasteiger partial charge is 0.370 e. The van der Waals surface area contributed by atoms with Crippen molar-refractivity contribution in [1.29, 1.82) is 0 Å². The summed E-state index contributed by atoms with van der Waals surface area (Å²) in [7, 11) is 2.12. The van der Waals surface area contributed by atoms with E-state index in [1.54, 1.807) is 0 Å². The third-order valence-corrected chi connectivity index (χ3v) is 2.94. The van der Waals surface area contributed by atoms with Crippen molar-refractivity contribution in [2.75, 3.05) is 23.8 Å². The Kier molecular flexibility index (Phi) is 5.09. The van der Waals surface area contributed by atoms with Crippen LogP contribution >= 0.6 is 0 Å². The molecule has 0 aliphatic heterocycles. The van der Waals surface area contributed by atoms with E-state index in [1.807, 2.05) is 6.07 Å². The van der Waals surface area contributed by atoms with Crippen molar-refractivity contribution in [1.82, 2.24) is 4.98 Å². The molecule has 0 bridgehead atoms. The molecule has 1 N–H and O–H groups in total. The van der Waals surface area contributed by atoms with Gasteiger partial charge in [0.15, 0.2) is 0 Å². The summed E-state index contributed by atoms with van der Waals surface area (Å²) in [6.45, 7) is 7.43. The first kappa shape index (κ1) is 12.8. The molecule has 0 aliphatic carbocycles. The van der Waals surface area contributed by atoms with E-state index in [9.17, 15) is 0 Å². The second-order valence-corrected chi connectivity index (χ2v) is 3.99. The Balaban J connectivity index is 2.81. The number of pyridine rings is 1. The van der Waals surface area contributed by atoms with Crippen molar-refractivity contribution in [3.05, 3.63) is 18.2 Å². The number of aromatic nitrogens is 1. The summed E-state index contributed by atoms with van der Waals surface area (Å²) in [4.78, 5) is 6.86. The second-order valence-electron chi connectivity index (χ2n) is 3.99. The van der Waals surface area contributed by atoms with Crippen molar-refractivity contribution < 1.29 is 0 Å². The van der Waals surface area contributed by atoms with Gasteiger partial charge in [0.1, 0.15) is 11.6 Å². The zero-order valence-corrected chi connectivity index (χ0v) is 10.8. The molecule has 0 radical (unpaired) electrons. The van der Waals surface area contributed by atoms with Crippen LogP contribution in [0.2, 0.25) is 0 Å². The van der Waals surface area contributed by atoms with E-state index in [0.29, 0.717) is 6.04 Å². The number of hydrogen-bond donors (Lipinski definition) is 1. The predicted octanol–water partition coefficient (Wildman–Crippen LogP) is 3.14. The van der Waals surface area contributed by atoms with E-state index in [2.05, 4.69) is 55.2 Å². The van der Waals surface area contributed by atoms with Gasteiger partial charge in [0.2, 0.25) is 0 Å². The Bertz CT molecular complexity index is 308. The summed E-state index contributed by atoms with van der Waals surface area (Å²) in [5, 5.41) is 3.24. The van der Waals surface area contributed by atoms with Crippen LogP contribution in [-0.4, -0.2) is 24.6 Å². The maximum atomic E-state index is 4.59. The highest BCUT2D eigenvalue weighted by atomic mass is 15.2. The Labute approximate surface area is 98.9 Å². The van der Waals surface area contributed by atoms with E-state index in [-0.39, 0.29) is 0 Å². The molecule has 16 heavy (non-hydrogen) atoms. The fourth-order valence-electron chi connectivity index (χ4n) is 1.92. The molecule has 0 fully saturated rings. The van der Waals surface area contributed by atoms with Gasteiger partial charge in [0.05, 0.1) is 0 Å². The standard InChI is InChI=1S/C13H23N3/c1-5-11(6-2)16(4)13-10-8-9-12(15-13)14-7-3/h8-11H,5-7H2,1-4H3,(H,14,15). The maximum absolute atomic E-state index is 4.59. The molecule has 1 aromatic rings. The minimum atomic E-state index is 0.573. The number of anilines is 2. The molecule has 1 aromatic heterocycles. The van der Waals surface area contributed by atoms with Gasteiger partial charge in [-0.25, -0.2) is 4.98 Å². The van der Waals surface area contributed by atoms with Crippen LogP contribution < -0.4 is 10.2 Å². The van der Waals surface area contributed by atoms with Gasteiger partial charge in [-0.05, 0) is 31.9 Å². The van der Waals surface area contributed by atoms with Crippen LogP contribution in [-0.2, 0) is 0 Å². The van der Waals surface area contributed by atoms with E-state index < -0.39 is 0 Å². The lowest BCUT2D eigenvalue weighted by Gasteiger charge is -2.27. The van der Waals surface area contributed by atoms with Crippen molar-refractivity contribution in [2.45, 2.75) is 39.7 Å². The van der Waals surface area contributed by atoms with Crippen LogP contribution in [0.1, 0.15) is 33.6 Å². The van der Waals surface area contributed by atoms with Crippen LogP contribution in [0.4, 0.5) is 11.6 Å². The van der Waals surface area contributed by atoms with E-state index in [0.717, 1.165) is 31.0 Å². The van der Waals surface area contributed by atoms with Gasteiger partial charge < -0.3 is 10.2 Å². The molecule has 0 saturated carbocycles. The molecule has 90 valence electrons. The zero-order chi connectivity index (χ0) is 12.0. The van der Waals surface area contributed by atoms with Crippen LogP contribution in [0.3, 0.4) is 0 Å². The lowest BCUT2D eigenvalue weighted by molar-refractivity contribution is 0.587. The van der Waals surface area contributed by atoms with Gasteiger partial charge in [-0.3, -0.25) is 0 Å². The number of rotatable bonds is 6. The van der Waals surface area contributed by atoms with E-state index in [4.69, 9.17) is 0 Å². The lowest BCUT2D eigenvalue weighted by atomic mass is 10.1. The maximum Gasteiger partial charge on any atom is 0.130 e. The third kappa shape index (κ3) is 3.12. The fourth-order valence-corrected chi connectivity index (χ4v) is 1.92. The molecule has 0 spiro atoms. The number of hydrogen-bond acceptors (Lipinski definition) is 3. The van der Waals surface area contributed by atoms with Gasteiger partial charge in [0, 0.05) is 19.6 Å². The van der Waals surface area contributed by atoms with Crippen LogP contribution in [0.25, 0.3) is 0 Å². The van der Waals surface area contributed by atoms with Crippen molar-refractivity contribution in [2.24, 2.45) is 0 Å². The molecule has 1 rings (SSSR count). The first-order valence-corrected chi connectivity index (χ1v) is 6.16. The number of nitrogens with zero attached hydrogens (tertiary/aromatic N) is 2. The fraction of sp³-hybridized carbons (Fsp3) is 0.615. The first-order valence-electron chi connectivity index (χ1n) is 6.16. The van der Waals surface area contributed by atoms with Gasteiger partial charge in [0.25, 0.3) is 0 Å². The molecular weight excluding hydrogens is 198 g/mol. The van der Waals surface area contributed by atoms with Gasteiger partial charge in [-0.1, -0.05) is 19.9 Å². The van der Waals surface area contributed by atoms with Gasteiger partial charge in [-0.15, -0.1) is 0 Å². The van der Waals surface area contributed by atoms with Crippen molar-refractivity contribution in [3.8, 4) is 0 Å². The molecule has 0 aliphatic rings. The Morgan fingerprint density at radius 1 is 1.25 bits per heavy atom. The second kappa shape index (κ2) is 6.36. The molecule has 0 atom stereocenters. The quantitative estimate of drug-likeness (QED) is 0.800. The molecule has 1 heterocycles. The average molecular weight is 221 g/mol. The predicted molar refractivity (Wildman–Crippen MR) is 71.2 cm³/mol.